The molecule has 0 aliphatic carbocycles. The van der Waals surface area contributed by atoms with Crippen LogP contribution in [0.5, 0.6) is 11.5 Å². The van der Waals surface area contributed by atoms with Crippen molar-refractivity contribution in [3.63, 3.8) is 0 Å². The summed E-state index contributed by atoms with van der Waals surface area (Å²) in [7, 11) is 1.89. The molecule has 0 spiro atoms. The van der Waals surface area contributed by atoms with Gasteiger partial charge < -0.3 is 10.1 Å². The molecular formula is C15H16FNO. The lowest BCUT2D eigenvalue weighted by Crippen LogP contribution is -2.05. The molecule has 0 heterocycles. The van der Waals surface area contributed by atoms with Crippen molar-refractivity contribution in [3.8, 4) is 11.5 Å². The quantitative estimate of drug-likeness (QED) is 0.887. The van der Waals surface area contributed by atoms with Crippen LogP contribution in [-0.4, -0.2) is 7.05 Å². The largest absolute Gasteiger partial charge is 0.454 e. The zero-order valence-corrected chi connectivity index (χ0v) is 10.5. The molecule has 2 nitrogen and oxygen atoms in total. The standard InChI is InChI=1S/C15H16FNO/c1-11-7-8-12(10-17-2)9-15(11)18-14-6-4-3-5-13(14)16/h3-9,17H,10H2,1-2H3. The number of ether oxygens (including phenoxy) is 1. The average Bonchev–Trinajstić information content (AvgIpc) is 2.36. The van der Waals surface area contributed by atoms with Crippen molar-refractivity contribution in [3.05, 3.63) is 59.4 Å². The van der Waals surface area contributed by atoms with E-state index >= 15 is 0 Å². The number of para-hydroxylation sites is 1. The van der Waals surface area contributed by atoms with Gasteiger partial charge in [-0.25, -0.2) is 4.39 Å². The highest BCUT2D eigenvalue weighted by molar-refractivity contribution is 5.40. The molecule has 0 unspecified atom stereocenters. The fourth-order valence-electron chi connectivity index (χ4n) is 1.71. The lowest BCUT2D eigenvalue weighted by Gasteiger charge is -2.11. The Hall–Kier alpha value is -1.87. The maximum Gasteiger partial charge on any atom is 0.165 e. The zero-order valence-electron chi connectivity index (χ0n) is 10.5. The van der Waals surface area contributed by atoms with Crippen LogP contribution in [-0.2, 0) is 6.54 Å². The second-order valence-corrected chi connectivity index (χ2v) is 4.16. The van der Waals surface area contributed by atoms with Gasteiger partial charge in [0.05, 0.1) is 0 Å². The molecule has 2 aromatic rings. The second kappa shape index (κ2) is 5.65. The van der Waals surface area contributed by atoms with Crippen LogP contribution in [0.15, 0.2) is 42.5 Å². The highest BCUT2D eigenvalue weighted by Gasteiger charge is 2.06. The van der Waals surface area contributed by atoms with Crippen molar-refractivity contribution in [2.45, 2.75) is 13.5 Å². The van der Waals surface area contributed by atoms with Crippen molar-refractivity contribution in [1.29, 1.82) is 0 Å². The van der Waals surface area contributed by atoms with Crippen molar-refractivity contribution >= 4 is 0 Å². The van der Waals surface area contributed by atoms with Crippen molar-refractivity contribution in [2.75, 3.05) is 7.05 Å². The molecule has 3 heteroatoms. The maximum atomic E-state index is 13.5. The normalized spacial score (nSPS) is 10.4. The van der Waals surface area contributed by atoms with E-state index in [-0.39, 0.29) is 11.6 Å². The molecule has 0 fully saturated rings. The lowest BCUT2D eigenvalue weighted by molar-refractivity contribution is 0.439. The van der Waals surface area contributed by atoms with E-state index in [2.05, 4.69) is 5.32 Å². The first-order chi connectivity index (χ1) is 8.70. The summed E-state index contributed by atoms with van der Waals surface area (Å²) in [5.41, 5.74) is 2.09. The van der Waals surface area contributed by atoms with Gasteiger partial charge in [-0.2, -0.15) is 0 Å². The second-order valence-electron chi connectivity index (χ2n) is 4.16. The minimum Gasteiger partial charge on any atom is -0.454 e. The maximum absolute atomic E-state index is 13.5. The number of hydrogen-bond acceptors (Lipinski definition) is 2. The van der Waals surface area contributed by atoms with Gasteiger partial charge in [0.2, 0.25) is 0 Å². The van der Waals surface area contributed by atoms with Crippen molar-refractivity contribution < 1.29 is 9.13 Å². The van der Waals surface area contributed by atoms with E-state index in [1.807, 2.05) is 32.2 Å². The monoisotopic (exact) mass is 245 g/mol. The van der Waals surface area contributed by atoms with E-state index in [1.165, 1.54) is 6.07 Å². The van der Waals surface area contributed by atoms with Gasteiger partial charge in [-0.05, 0) is 43.3 Å². The van der Waals surface area contributed by atoms with Crippen LogP contribution in [0, 0.1) is 12.7 Å². The van der Waals surface area contributed by atoms with Gasteiger partial charge in [-0.15, -0.1) is 0 Å². The average molecular weight is 245 g/mol. The molecule has 94 valence electrons. The number of benzene rings is 2. The molecule has 0 aliphatic heterocycles. The summed E-state index contributed by atoms with van der Waals surface area (Å²) >= 11 is 0. The fraction of sp³-hybridized carbons (Fsp3) is 0.200. The van der Waals surface area contributed by atoms with Gasteiger partial charge in [0.1, 0.15) is 5.75 Å². The number of hydrogen-bond donors (Lipinski definition) is 1. The van der Waals surface area contributed by atoms with Crippen LogP contribution in [0.3, 0.4) is 0 Å². The van der Waals surface area contributed by atoms with Gasteiger partial charge in [-0.1, -0.05) is 24.3 Å². The highest BCUT2D eigenvalue weighted by Crippen LogP contribution is 2.27. The van der Waals surface area contributed by atoms with E-state index in [4.69, 9.17) is 4.74 Å². The highest BCUT2D eigenvalue weighted by atomic mass is 19.1. The predicted octanol–water partition coefficient (Wildman–Crippen LogP) is 3.65. The molecular weight excluding hydrogens is 229 g/mol. The molecule has 0 saturated heterocycles. The Bertz CT molecular complexity index is 540. The van der Waals surface area contributed by atoms with Crippen molar-refractivity contribution in [1.82, 2.24) is 5.32 Å². The molecule has 18 heavy (non-hydrogen) atoms. The van der Waals surface area contributed by atoms with Crippen LogP contribution in [0.2, 0.25) is 0 Å². The molecule has 1 N–H and O–H groups in total. The van der Waals surface area contributed by atoms with Gasteiger partial charge in [-0.3, -0.25) is 0 Å². The molecule has 0 radical (unpaired) electrons. The third-order valence-corrected chi connectivity index (χ3v) is 2.69. The summed E-state index contributed by atoms with van der Waals surface area (Å²) in [6.07, 6.45) is 0. The minimum atomic E-state index is -0.351. The van der Waals surface area contributed by atoms with Crippen LogP contribution in [0.4, 0.5) is 4.39 Å². The Morgan fingerprint density at radius 3 is 2.61 bits per heavy atom. The SMILES string of the molecule is CNCc1ccc(C)c(Oc2ccccc2F)c1. The fourth-order valence-corrected chi connectivity index (χ4v) is 1.71. The summed E-state index contributed by atoms with van der Waals surface area (Å²) in [5.74, 6) is 0.589. The van der Waals surface area contributed by atoms with Gasteiger partial charge in [0, 0.05) is 6.54 Å². The molecule has 2 rings (SSSR count). The zero-order chi connectivity index (χ0) is 13.0. The minimum absolute atomic E-state index is 0.252. The summed E-state index contributed by atoms with van der Waals surface area (Å²) in [4.78, 5) is 0. The molecule has 0 amide bonds. The molecule has 0 aromatic heterocycles. The topological polar surface area (TPSA) is 21.3 Å². The number of aryl methyl sites for hydroxylation is 1. The Kier molecular flexibility index (Phi) is 3.95. The number of rotatable bonds is 4. The first kappa shape index (κ1) is 12.6. The van der Waals surface area contributed by atoms with Crippen LogP contribution in [0.1, 0.15) is 11.1 Å². The van der Waals surface area contributed by atoms with Crippen LogP contribution < -0.4 is 10.1 Å². The van der Waals surface area contributed by atoms with E-state index in [9.17, 15) is 4.39 Å². The summed E-state index contributed by atoms with van der Waals surface area (Å²) < 4.78 is 19.1. The predicted molar refractivity (Wildman–Crippen MR) is 70.4 cm³/mol. The van der Waals surface area contributed by atoms with E-state index < -0.39 is 0 Å². The Balaban J connectivity index is 2.28. The molecule has 0 aliphatic rings. The first-order valence-corrected chi connectivity index (χ1v) is 5.87. The van der Waals surface area contributed by atoms with Gasteiger partial charge in [0.15, 0.2) is 11.6 Å². The molecule has 0 atom stereocenters. The van der Waals surface area contributed by atoms with E-state index in [0.29, 0.717) is 5.75 Å². The van der Waals surface area contributed by atoms with Gasteiger partial charge in [0.25, 0.3) is 0 Å². The van der Waals surface area contributed by atoms with Crippen LogP contribution >= 0.6 is 0 Å². The smallest absolute Gasteiger partial charge is 0.165 e. The molecule has 2 aromatic carbocycles. The summed E-state index contributed by atoms with van der Waals surface area (Å²) in [5, 5.41) is 3.08. The Labute approximate surface area is 106 Å². The first-order valence-electron chi connectivity index (χ1n) is 5.87. The third-order valence-electron chi connectivity index (χ3n) is 2.69. The Morgan fingerprint density at radius 1 is 1.11 bits per heavy atom. The molecule has 0 saturated carbocycles. The number of nitrogens with one attached hydrogen (secondary N) is 1. The van der Waals surface area contributed by atoms with Crippen LogP contribution in [0.25, 0.3) is 0 Å². The van der Waals surface area contributed by atoms with Crippen molar-refractivity contribution in [2.24, 2.45) is 0 Å². The summed E-state index contributed by atoms with van der Waals surface area (Å²) in [6, 6.07) is 12.3. The van der Waals surface area contributed by atoms with E-state index in [1.54, 1.807) is 18.2 Å². The number of halogens is 1. The summed E-state index contributed by atoms with van der Waals surface area (Å²) in [6.45, 7) is 2.70. The Morgan fingerprint density at radius 2 is 1.89 bits per heavy atom. The molecule has 0 bridgehead atoms. The third kappa shape index (κ3) is 2.87. The lowest BCUT2D eigenvalue weighted by atomic mass is 10.1. The van der Waals surface area contributed by atoms with Gasteiger partial charge >= 0.3 is 0 Å². The van der Waals surface area contributed by atoms with E-state index in [0.717, 1.165) is 17.7 Å².